The summed E-state index contributed by atoms with van der Waals surface area (Å²) in [5.41, 5.74) is 1.58. The fourth-order valence-electron chi connectivity index (χ4n) is 2.18. The second-order valence-electron chi connectivity index (χ2n) is 5.20. The van der Waals surface area contributed by atoms with Crippen molar-refractivity contribution in [3.8, 4) is 0 Å². The number of halogens is 2. The van der Waals surface area contributed by atoms with E-state index in [2.05, 4.69) is 5.32 Å². The molecule has 116 valence electrons. The minimum atomic E-state index is -0.389. The quantitative estimate of drug-likeness (QED) is 0.905. The van der Waals surface area contributed by atoms with Crippen LogP contribution in [0.1, 0.15) is 12.5 Å². The highest BCUT2D eigenvalue weighted by Crippen LogP contribution is 2.15. The van der Waals surface area contributed by atoms with Gasteiger partial charge in [0.05, 0.1) is 0 Å². The summed E-state index contributed by atoms with van der Waals surface area (Å²) in [5, 5.41) is 3.77. The van der Waals surface area contributed by atoms with Crippen LogP contribution in [0.3, 0.4) is 0 Å². The Hall–Kier alpha value is -2.07. The van der Waals surface area contributed by atoms with Crippen LogP contribution in [0, 0.1) is 5.82 Å². The van der Waals surface area contributed by atoms with Gasteiger partial charge in [-0.2, -0.15) is 0 Å². The molecule has 2 aromatic rings. The molecule has 1 unspecified atom stereocenters. The number of hydrogen-bond acceptors (Lipinski definition) is 2. The van der Waals surface area contributed by atoms with Crippen molar-refractivity contribution in [1.29, 1.82) is 0 Å². The van der Waals surface area contributed by atoms with Crippen molar-refractivity contribution < 1.29 is 9.18 Å². The van der Waals surface area contributed by atoms with Gasteiger partial charge in [0, 0.05) is 24.3 Å². The number of rotatable bonds is 5. The molecule has 1 amide bonds. The maximum atomic E-state index is 13.2. The Morgan fingerprint density at radius 1 is 1.27 bits per heavy atom. The zero-order valence-electron chi connectivity index (χ0n) is 12.5. The smallest absolute Gasteiger partial charge is 0.244 e. The van der Waals surface area contributed by atoms with Crippen molar-refractivity contribution in [3.63, 3.8) is 0 Å². The molecule has 2 rings (SSSR count). The second-order valence-corrected chi connectivity index (χ2v) is 5.63. The number of nitrogens with zero attached hydrogens (tertiary/aromatic N) is 1. The lowest BCUT2D eigenvalue weighted by molar-refractivity contribution is -0.130. The van der Waals surface area contributed by atoms with Crippen LogP contribution < -0.4 is 5.32 Å². The Morgan fingerprint density at radius 2 is 1.95 bits per heavy atom. The maximum absolute atomic E-state index is 13.2. The van der Waals surface area contributed by atoms with Crippen LogP contribution in [0.4, 0.5) is 10.1 Å². The lowest BCUT2D eigenvalue weighted by Crippen LogP contribution is -2.38. The molecule has 0 saturated heterocycles. The third-order valence-corrected chi connectivity index (χ3v) is 3.53. The van der Waals surface area contributed by atoms with Gasteiger partial charge in [-0.05, 0) is 48.9 Å². The summed E-state index contributed by atoms with van der Waals surface area (Å²) in [6.07, 6.45) is 0. The summed E-state index contributed by atoms with van der Waals surface area (Å²) in [5.74, 6) is -0.370. The number of carbonyl (C=O) groups is 1. The zero-order chi connectivity index (χ0) is 16.1. The third kappa shape index (κ3) is 4.46. The van der Waals surface area contributed by atoms with Crippen LogP contribution in [0.15, 0.2) is 48.5 Å². The van der Waals surface area contributed by atoms with Crippen LogP contribution >= 0.6 is 11.6 Å². The first kappa shape index (κ1) is 16.3. The van der Waals surface area contributed by atoms with Crippen molar-refractivity contribution in [1.82, 2.24) is 4.90 Å². The Kier molecular flexibility index (Phi) is 5.39. The highest BCUT2D eigenvalue weighted by Gasteiger charge is 2.17. The molecule has 0 aliphatic rings. The molecule has 0 aliphatic heterocycles. The lowest BCUT2D eigenvalue weighted by atomic mass is 10.2. The van der Waals surface area contributed by atoms with Gasteiger partial charge in [-0.25, -0.2) is 4.39 Å². The van der Waals surface area contributed by atoms with Crippen LogP contribution in [0.25, 0.3) is 0 Å². The molecule has 0 saturated carbocycles. The van der Waals surface area contributed by atoms with Crippen LogP contribution in [-0.4, -0.2) is 23.9 Å². The molecule has 1 atom stereocenters. The van der Waals surface area contributed by atoms with Gasteiger partial charge in [-0.15, -0.1) is 0 Å². The van der Waals surface area contributed by atoms with Crippen molar-refractivity contribution in [2.45, 2.75) is 19.5 Å². The number of benzene rings is 2. The minimum absolute atomic E-state index is 0.0702. The molecule has 2 aromatic carbocycles. The van der Waals surface area contributed by atoms with Crippen molar-refractivity contribution >= 4 is 23.2 Å². The number of hydrogen-bond donors (Lipinski definition) is 1. The first-order chi connectivity index (χ1) is 10.5. The van der Waals surface area contributed by atoms with Crippen LogP contribution in [-0.2, 0) is 11.3 Å². The predicted molar refractivity (Wildman–Crippen MR) is 87.4 cm³/mol. The Bertz CT molecular complexity index is 645. The summed E-state index contributed by atoms with van der Waals surface area (Å²) in [4.78, 5) is 13.9. The molecule has 0 aromatic heterocycles. The average molecular weight is 321 g/mol. The lowest BCUT2D eigenvalue weighted by Gasteiger charge is -2.23. The summed E-state index contributed by atoms with van der Waals surface area (Å²) < 4.78 is 13.2. The van der Waals surface area contributed by atoms with Crippen molar-refractivity contribution in [3.05, 3.63) is 64.9 Å². The van der Waals surface area contributed by atoms with E-state index in [4.69, 9.17) is 11.6 Å². The maximum Gasteiger partial charge on any atom is 0.244 e. The summed E-state index contributed by atoms with van der Waals surface area (Å²) in [6, 6.07) is 13.0. The standard InChI is InChI=1S/C17H18ClFN2O/c1-12(20-16-8-6-14(18)7-9-16)17(22)21(2)11-13-4-3-5-15(19)10-13/h3-10,12,20H,11H2,1-2H3. The molecular weight excluding hydrogens is 303 g/mol. The van der Waals surface area contributed by atoms with Gasteiger partial charge < -0.3 is 10.2 Å². The topological polar surface area (TPSA) is 32.3 Å². The second kappa shape index (κ2) is 7.27. The molecule has 3 nitrogen and oxygen atoms in total. The Balaban J connectivity index is 1.96. The number of nitrogens with one attached hydrogen (secondary N) is 1. The van der Waals surface area contributed by atoms with Crippen molar-refractivity contribution in [2.24, 2.45) is 0 Å². The molecule has 22 heavy (non-hydrogen) atoms. The van der Waals surface area contributed by atoms with Crippen LogP contribution in [0.2, 0.25) is 5.02 Å². The first-order valence-electron chi connectivity index (χ1n) is 6.97. The van der Waals surface area contributed by atoms with E-state index in [1.165, 1.54) is 12.1 Å². The van der Waals surface area contributed by atoms with Gasteiger partial charge in [-0.1, -0.05) is 23.7 Å². The Labute approximate surface area is 134 Å². The third-order valence-electron chi connectivity index (χ3n) is 3.28. The van der Waals surface area contributed by atoms with E-state index in [1.807, 2.05) is 12.1 Å². The number of anilines is 1. The van der Waals surface area contributed by atoms with E-state index in [1.54, 1.807) is 43.1 Å². The summed E-state index contributed by atoms with van der Waals surface area (Å²) >= 11 is 5.83. The van der Waals surface area contributed by atoms with E-state index in [9.17, 15) is 9.18 Å². The normalized spacial score (nSPS) is 11.8. The van der Waals surface area contributed by atoms with Gasteiger partial charge in [0.25, 0.3) is 0 Å². The highest BCUT2D eigenvalue weighted by atomic mass is 35.5. The molecule has 1 N–H and O–H groups in total. The van der Waals surface area contributed by atoms with Gasteiger partial charge in [0.2, 0.25) is 5.91 Å². The number of amides is 1. The number of likely N-dealkylation sites (N-methyl/N-ethyl adjacent to an activating group) is 1. The SMILES string of the molecule is CC(Nc1ccc(Cl)cc1)C(=O)N(C)Cc1cccc(F)c1. The highest BCUT2D eigenvalue weighted by molar-refractivity contribution is 6.30. The summed E-state index contributed by atoms with van der Waals surface area (Å²) in [7, 11) is 1.70. The fraction of sp³-hybridized carbons (Fsp3) is 0.235. The number of carbonyl (C=O) groups excluding carboxylic acids is 1. The molecular formula is C17H18ClFN2O. The molecule has 0 bridgehead atoms. The molecule has 0 spiro atoms. The molecule has 0 heterocycles. The minimum Gasteiger partial charge on any atom is -0.374 e. The van der Waals surface area contributed by atoms with Crippen LogP contribution in [0.5, 0.6) is 0 Å². The van der Waals surface area contributed by atoms with E-state index in [-0.39, 0.29) is 17.8 Å². The average Bonchev–Trinajstić information content (AvgIpc) is 2.48. The fourth-order valence-corrected chi connectivity index (χ4v) is 2.30. The molecule has 0 fully saturated rings. The van der Waals surface area contributed by atoms with Gasteiger partial charge >= 0.3 is 0 Å². The predicted octanol–water partition coefficient (Wildman–Crippen LogP) is 3.94. The summed E-state index contributed by atoms with van der Waals surface area (Å²) in [6.45, 7) is 2.16. The molecule has 0 radical (unpaired) electrons. The van der Waals surface area contributed by atoms with E-state index < -0.39 is 0 Å². The molecule has 0 aliphatic carbocycles. The zero-order valence-corrected chi connectivity index (χ0v) is 13.3. The van der Waals surface area contributed by atoms with E-state index >= 15 is 0 Å². The van der Waals surface area contributed by atoms with Crippen molar-refractivity contribution in [2.75, 3.05) is 12.4 Å². The first-order valence-corrected chi connectivity index (χ1v) is 7.35. The van der Waals surface area contributed by atoms with E-state index in [0.717, 1.165) is 11.3 Å². The van der Waals surface area contributed by atoms with Gasteiger partial charge in [-0.3, -0.25) is 4.79 Å². The van der Waals surface area contributed by atoms with Gasteiger partial charge in [0.15, 0.2) is 0 Å². The van der Waals surface area contributed by atoms with E-state index in [0.29, 0.717) is 11.6 Å². The molecule has 5 heteroatoms. The monoisotopic (exact) mass is 320 g/mol. The Morgan fingerprint density at radius 3 is 2.59 bits per heavy atom. The largest absolute Gasteiger partial charge is 0.374 e. The van der Waals surface area contributed by atoms with Gasteiger partial charge in [0.1, 0.15) is 11.9 Å².